The molecule has 1 amide bonds. The second-order valence-corrected chi connectivity index (χ2v) is 4.97. The van der Waals surface area contributed by atoms with Crippen molar-refractivity contribution >= 4 is 11.6 Å². The van der Waals surface area contributed by atoms with Crippen LogP contribution in [-0.2, 0) is 16.0 Å². The summed E-state index contributed by atoms with van der Waals surface area (Å²) in [6.45, 7) is 4.03. The van der Waals surface area contributed by atoms with Crippen LogP contribution in [-0.4, -0.2) is 43.4 Å². The maximum atomic E-state index is 12.2. The minimum Gasteiger partial charge on any atom is -0.396 e. The Morgan fingerprint density at radius 1 is 1.35 bits per heavy atom. The Labute approximate surface area is 119 Å². The van der Waals surface area contributed by atoms with E-state index in [9.17, 15) is 4.79 Å². The first-order valence-electron chi connectivity index (χ1n) is 7.06. The topological polar surface area (TPSA) is 70.6 Å². The van der Waals surface area contributed by atoms with Crippen LogP contribution in [0.4, 0.5) is 5.69 Å². The van der Waals surface area contributed by atoms with Gasteiger partial charge >= 0.3 is 0 Å². The monoisotopic (exact) mass is 278 g/mol. The van der Waals surface area contributed by atoms with E-state index in [0.29, 0.717) is 19.6 Å². The molecular weight excluding hydrogens is 256 g/mol. The first-order chi connectivity index (χ1) is 9.74. The van der Waals surface area contributed by atoms with Crippen LogP contribution in [0.2, 0.25) is 0 Å². The smallest absolute Gasteiger partial charge is 0.231 e. The summed E-state index contributed by atoms with van der Waals surface area (Å²) in [7, 11) is 0. The summed E-state index contributed by atoms with van der Waals surface area (Å²) in [6.07, 6.45) is 0.632. The molecule has 5 nitrogen and oxygen atoms in total. The van der Waals surface area contributed by atoms with Gasteiger partial charge in [0.15, 0.2) is 0 Å². The second-order valence-electron chi connectivity index (χ2n) is 4.97. The summed E-state index contributed by atoms with van der Waals surface area (Å²) in [5.74, 6) is -0.157. The van der Waals surface area contributed by atoms with Gasteiger partial charge in [-0.3, -0.25) is 4.79 Å². The normalized spacial score (nSPS) is 21.9. The molecule has 2 unspecified atom stereocenters. The molecule has 3 N–H and O–H groups in total. The maximum absolute atomic E-state index is 12.2. The number of rotatable bonds is 6. The molecule has 2 rings (SSSR count). The molecule has 1 saturated heterocycles. The number of aliphatic hydroxyl groups excluding tert-OH is 1. The predicted octanol–water partition coefficient (Wildman–Crippen LogP) is 0.784. The van der Waals surface area contributed by atoms with Gasteiger partial charge in [0.1, 0.15) is 0 Å². The van der Waals surface area contributed by atoms with E-state index >= 15 is 0 Å². The highest BCUT2D eigenvalue weighted by Gasteiger charge is 2.33. The fourth-order valence-electron chi connectivity index (χ4n) is 2.39. The van der Waals surface area contributed by atoms with Gasteiger partial charge in [0.05, 0.1) is 19.1 Å². The number of hydrogen-bond acceptors (Lipinski definition) is 4. The Balaban J connectivity index is 1.93. The Kier molecular flexibility index (Phi) is 5.52. The van der Waals surface area contributed by atoms with Crippen molar-refractivity contribution in [2.75, 3.05) is 31.7 Å². The lowest BCUT2D eigenvalue weighted by Crippen LogP contribution is -2.41. The number of carbonyl (C=O) groups excluding carboxylic acids is 1. The molecule has 0 bridgehead atoms. The lowest BCUT2D eigenvalue weighted by molar-refractivity contribution is -0.120. The van der Waals surface area contributed by atoms with Gasteiger partial charge in [-0.2, -0.15) is 0 Å². The van der Waals surface area contributed by atoms with E-state index in [0.717, 1.165) is 17.8 Å². The number of nitrogens with one attached hydrogen (secondary N) is 2. The van der Waals surface area contributed by atoms with Crippen LogP contribution in [0.15, 0.2) is 24.3 Å². The molecule has 1 heterocycles. The highest BCUT2D eigenvalue weighted by Crippen LogP contribution is 2.17. The largest absolute Gasteiger partial charge is 0.396 e. The van der Waals surface area contributed by atoms with E-state index in [-0.39, 0.29) is 24.5 Å². The summed E-state index contributed by atoms with van der Waals surface area (Å²) in [5.41, 5.74) is 1.83. The van der Waals surface area contributed by atoms with Crippen LogP contribution < -0.4 is 10.6 Å². The number of benzene rings is 1. The maximum Gasteiger partial charge on any atom is 0.231 e. The number of aliphatic hydroxyl groups is 1. The molecule has 1 aromatic rings. The highest BCUT2D eigenvalue weighted by molar-refractivity contribution is 5.93. The lowest BCUT2D eigenvalue weighted by Gasteiger charge is -2.17. The Morgan fingerprint density at radius 3 is 2.75 bits per heavy atom. The van der Waals surface area contributed by atoms with Gasteiger partial charge in [-0.05, 0) is 30.7 Å². The van der Waals surface area contributed by atoms with E-state index in [4.69, 9.17) is 9.84 Å². The molecule has 1 aliphatic heterocycles. The standard InChI is InChI=1S/C15H22N2O3/c1-2-16-14-10-20-9-13(14)15(19)17-12-5-3-11(4-6-12)7-8-18/h3-6,13-14,16,18H,2,7-10H2,1H3,(H,17,19). The summed E-state index contributed by atoms with van der Waals surface area (Å²) in [5, 5.41) is 15.1. The Hall–Kier alpha value is -1.43. The number of anilines is 1. The molecular formula is C15H22N2O3. The second kappa shape index (κ2) is 7.38. The fraction of sp³-hybridized carbons (Fsp3) is 0.533. The van der Waals surface area contributed by atoms with Crippen LogP contribution in [0, 0.1) is 5.92 Å². The number of amides is 1. The third kappa shape index (κ3) is 3.79. The van der Waals surface area contributed by atoms with Crippen molar-refractivity contribution in [3.8, 4) is 0 Å². The van der Waals surface area contributed by atoms with Crippen molar-refractivity contribution in [1.29, 1.82) is 0 Å². The van der Waals surface area contributed by atoms with Crippen LogP contribution in [0.25, 0.3) is 0 Å². The predicted molar refractivity (Wildman–Crippen MR) is 77.6 cm³/mol. The van der Waals surface area contributed by atoms with Crippen LogP contribution >= 0.6 is 0 Å². The van der Waals surface area contributed by atoms with Crippen molar-refractivity contribution in [3.05, 3.63) is 29.8 Å². The SMILES string of the molecule is CCNC1COCC1C(=O)Nc1ccc(CCO)cc1. The van der Waals surface area contributed by atoms with E-state index in [2.05, 4.69) is 10.6 Å². The molecule has 2 atom stereocenters. The zero-order valence-electron chi connectivity index (χ0n) is 11.8. The molecule has 20 heavy (non-hydrogen) atoms. The lowest BCUT2D eigenvalue weighted by atomic mass is 10.0. The summed E-state index contributed by atoms with van der Waals surface area (Å²) < 4.78 is 5.38. The van der Waals surface area contributed by atoms with E-state index in [1.54, 1.807) is 0 Å². The highest BCUT2D eigenvalue weighted by atomic mass is 16.5. The number of hydrogen-bond donors (Lipinski definition) is 3. The minimum absolute atomic E-state index is 0.0108. The number of carbonyl (C=O) groups is 1. The van der Waals surface area contributed by atoms with Gasteiger partial charge in [-0.1, -0.05) is 19.1 Å². The molecule has 0 radical (unpaired) electrons. The zero-order valence-corrected chi connectivity index (χ0v) is 11.8. The Bertz CT molecular complexity index is 433. The summed E-state index contributed by atoms with van der Waals surface area (Å²) in [6, 6.07) is 7.65. The van der Waals surface area contributed by atoms with Crippen molar-refractivity contribution in [3.63, 3.8) is 0 Å². The summed E-state index contributed by atoms with van der Waals surface area (Å²) in [4.78, 5) is 12.2. The van der Waals surface area contributed by atoms with Crippen molar-refractivity contribution in [2.24, 2.45) is 5.92 Å². The molecule has 0 spiro atoms. The number of likely N-dealkylation sites (N-methyl/N-ethyl adjacent to an activating group) is 1. The third-order valence-corrected chi connectivity index (χ3v) is 3.51. The average Bonchev–Trinajstić information content (AvgIpc) is 2.90. The molecule has 0 aromatic heterocycles. The molecule has 1 aliphatic rings. The van der Waals surface area contributed by atoms with E-state index in [1.807, 2.05) is 31.2 Å². The van der Waals surface area contributed by atoms with E-state index < -0.39 is 0 Å². The minimum atomic E-state index is -0.146. The quantitative estimate of drug-likeness (QED) is 0.719. The van der Waals surface area contributed by atoms with E-state index in [1.165, 1.54) is 0 Å². The molecule has 1 aromatic carbocycles. The molecule has 110 valence electrons. The summed E-state index contributed by atoms with van der Waals surface area (Å²) >= 11 is 0. The first-order valence-corrected chi connectivity index (χ1v) is 7.06. The van der Waals surface area contributed by atoms with Gasteiger partial charge < -0.3 is 20.5 Å². The van der Waals surface area contributed by atoms with Crippen LogP contribution in [0.3, 0.4) is 0 Å². The average molecular weight is 278 g/mol. The molecule has 0 aliphatic carbocycles. The Morgan fingerprint density at radius 2 is 2.10 bits per heavy atom. The van der Waals surface area contributed by atoms with Crippen molar-refractivity contribution in [1.82, 2.24) is 5.32 Å². The first kappa shape index (κ1) is 15.0. The van der Waals surface area contributed by atoms with Crippen LogP contribution in [0.1, 0.15) is 12.5 Å². The van der Waals surface area contributed by atoms with Crippen LogP contribution in [0.5, 0.6) is 0 Å². The zero-order chi connectivity index (χ0) is 14.4. The molecule has 5 heteroatoms. The van der Waals surface area contributed by atoms with Gasteiger partial charge in [-0.25, -0.2) is 0 Å². The van der Waals surface area contributed by atoms with Gasteiger partial charge in [0.25, 0.3) is 0 Å². The van der Waals surface area contributed by atoms with Gasteiger partial charge in [-0.15, -0.1) is 0 Å². The van der Waals surface area contributed by atoms with Gasteiger partial charge in [0, 0.05) is 18.3 Å². The number of ether oxygens (including phenoxy) is 1. The van der Waals surface area contributed by atoms with Crippen molar-refractivity contribution < 1.29 is 14.6 Å². The van der Waals surface area contributed by atoms with Crippen molar-refractivity contribution in [2.45, 2.75) is 19.4 Å². The molecule has 1 fully saturated rings. The molecule has 0 saturated carbocycles. The third-order valence-electron chi connectivity index (χ3n) is 3.51. The fourth-order valence-corrected chi connectivity index (χ4v) is 2.39. The van der Waals surface area contributed by atoms with Gasteiger partial charge in [0.2, 0.25) is 5.91 Å².